The van der Waals surface area contributed by atoms with Crippen LogP contribution in [0.4, 0.5) is 23.4 Å². The average molecular weight is 532 g/mol. The van der Waals surface area contributed by atoms with Crippen molar-refractivity contribution in [3.8, 4) is 23.1 Å². The van der Waals surface area contributed by atoms with E-state index in [-0.39, 0.29) is 61.1 Å². The number of halogens is 4. The smallest absolute Gasteiger partial charge is 0.411 e. The molecule has 12 heteroatoms. The van der Waals surface area contributed by atoms with E-state index in [0.717, 1.165) is 22.4 Å². The highest BCUT2D eigenvalue weighted by atomic mass is 19.4. The first-order valence-electron chi connectivity index (χ1n) is 11.8. The topological polar surface area (TPSA) is 129 Å². The third kappa shape index (κ3) is 5.73. The summed E-state index contributed by atoms with van der Waals surface area (Å²) in [7, 11) is 0. The number of hydrogen-bond acceptors (Lipinski definition) is 6. The summed E-state index contributed by atoms with van der Waals surface area (Å²) in [6, 6.07) is 10.1. The zero-order chi connectivity index (χ0) is 27.4. The van der Waals surface area contributed by atoms with Crippen LogP contribution in [-0.2, 0) is 11.2 Å². The molecular formula is C26H25F4N5O3. The second-order valence-corrected chi connectivity index (χ2v) is 8.90. The first-order chi connectivity index (χ1) is 18.1. The number of carbonyl (C=O) groups excluding carboxylic acids is 1. The van der Waals surface area contributed by atoms with Gasteiger partial charge in [0.05, 0.1) is 12.2 Å². The van der Waals surface area contributed by atoms with Crippen LogP contribution in [0.25, 0.3) is 11.3 Å². The van der Waals surface area contributed by atoms with Crippen LogP contribution < -0.4 is 16.2 Å². The summed E-state index contributed by atoms with van der Waals surface area (Å²) >= 11 is 0. The van der Waals surface area contributed by atoms with Crippen molar-refractivity contribution in [3.05, 3.63) is 65.0 Å². The SMILES string of the molecule is N#Cc1c(-c2ccc(CCOc3ccc(F)cc3C(N)=O)cc2)nn(C(C2CCOCC2)C(F)(F)F)c1N. The second-order valence-electron chi connectivity index (χ2n) is 8.90. The van der Waals surface area contributed by atoms with E-state index in [0.29, 0.717) is 12.0 Å². The number of rotatable bonds is 8. The number of ether oxygens (including phenoxy) is 2. The van der Waals surface area contributed by atoms with Crippen molar-refractivity contribution < 1.29 is 31.8 Å². The van der Waals surface area contributed by atoms with Gasteiger partial charge in [0.2, 0.25) is 0 Å². The molecule has 1 aliphatic heterocycles. The summed E-state index contributed by atoms with van der Waals surface area (Å²) in [6.45, 7) is 0.577. The van der Waals surface area contributed by atoms with Gasteiger partial charge in [0, 0.05) is 25.2 Å². The van der Waals surface area contributed by atoms with Gasteiger partial charge in [0.25, 0.3) is 5.91 Å². The van der Waals surface area contributed by atoms with Crippen molar-refractivity contribution in [3.63, 3.8) is 0 Å². The minimum absolute atomic E-state index is 0.0616. The van der Waals surface area contributed by atoms with Gasteiger partial charge in [-0.25, -0.2) is 9.07 Å². The molecule has 1 aliphatic rings. The standard InChI is InChI=1S/C26H25F4N5O3/c27-18-5-6-21(19(13-18)25(33)36)38-12-7-15-1-3-16(4-2-15)22-20(14-31)24(32)35(34-22)23(26(28,29)30)17-8-10-37-11-9-17/h1-6,13,17,23H,7-12,32H2,(H2,33,36). The normalized spacial score (nSPS) is 15.1. The van der Waals surface area contributed by atoms with Crippen LogP contribution in [0.2, 0.25) is 0 Å². The number of benzene rings is 2. The summed E-state index contributed by atoms with van der Waals surface area (Å²) in [5, 5.41) is 13.8. The van der Waals surface area contributed by atoms with E-state index in [1.807, 2.05) is 6.07 Å². The maximum absolute atomic E-state index is 14.1. The van der Waals surface area contributed by atoms with Gasteiger partial charge >= 0.3 is 6.18 Å². The number of alkyl halides is 3. The number of aromatic nitrogens is 2. The van der Waals surface area contributed by atoms with E-state index in [1.54, 1.807) is 24.3 Å². The molecule has 1 unspecified atom stereocenters. The Hall–Kier alpha value is -4.11. The summed E-state index contributed by atoms with van der Waals surface area (Å²) in [5.74, 6) is -2.39. The lowest BCUT2D eigenvalue weighted by atomic mass is 9.91. The zero-order valence-corrected chi connectivity index (χ0v) is 20.2. The Bertz CT molecular complexity index is 1340. The highest BCUT2D eigenvalue weighted by Gasteiger charge is 2.48. The first kappa shape index (κ1) is 26.9. The number of anilines is 1. The number of carbonyl (C=O) groups is 1. The molecule has 1 saturated heterocycles. The Labute approximate surface area is 215 Å². The molecule has 1 aromatic heterocycles. The Morgan fingerprint density at radius 3 is 2.50 bits per heavy atom. The summed E-state index contributed by atoms with van der Waals surface area (Å²) in [5.41, 5.74) is 12.4. The third-order valence-corrected chi connectivity index (χ3v) is 6.45. The van der Waals surface area contributed by atoms with E-state index in [2.05, 4.69) is 5.10 Å². The highest BCUT2D eigenvalue weighted by Crippen LogP contribution is 2.43. The lowest BCUT2D eigenvalue weighted by Gasteiger charge is -2.32. The molecule has 2 heterocycles. The van der Waals surface area contributed by atoms with Crippen molar-refractivity contribution in [2.45, 2.75) is 31.5 Å². The van der Waals surface area contributed by atoms with Crippen molar-refractivity contribution >= 4 is 11.7 Å². The molecule has 200 valence electrons. The van der Waals surface area contributed by atoms with E-state index >= 15 is 0 Å². The van der Waals surface area contributed by atoms with Gasteiger partial charge < -0.3 is 20.9 Å². The fourth-order valence-corrected chi connectivity index (χ4v) is 4.54. The lowest BCUT2D eigenvalue weighted by Crippen LogP contribution is -2.37. The molecule has 1 atom stereocenters. The van der Waals surface area contributed by atoms with E-state index in [1.165, 1.54) is 6.07 Å². The summed E-state index contributed by atoms with van der Waals surface area (Å²) in [6.07, 6.45) is -3.81. The molecular weight excluding hydrogens is 506 g/mol. The van der Waals surface area contributed by atoms with Crippen molar-refractivity contribution in [2.24, 2.45) is 11.7 Å². The van der Waals surface area contributed by atoms with Crippen LogP contribution in [0.3, 0.4) is 0 Å². The van der Waals surface area contributed by atoms with Gasteiger partial charge in [0.15, 0.2) is 6.04 Å². The van der Waals surface area contributed by atoms with Gasteiger partial charge in [-0.15, -0.1) is 0 Å². The maximum Gasteiger partial charge on any atom is 0.411 e. The molecule has 0 spiro atoms. The molecule has 0 aliphatic carbocycles. The minimum atomic E-state index is -4.62. The van der Waals surface area contributed by atoms with Gasteiger partial charge in [-0.05, 0) is 42.5 Å². The molecule has 1 amide bonds. The summed E-state index contributed by atoms with van der Waals surface area (Å²) in [4.78, 5) is 11.5. The summed E-state index contributed by atoms with van der Waals surface area (Å²) < 4.78 is 67.2. The highest BCUT2D eigenvalue weighted by molar-refractivity contribution is 5.95. The number of hydrogen-bond donors (Lipinski definition) is 2. The van der Waals surface area contributed by atoms with Crippen molar-refractivity contribution in [1.29, 1.82) is 5.26 Å². The van der Waals surface area contributed by atoms with Gasteiger partial charge in [-0.1, -0.05) is 24.3 Å². The minimum Gasteiger partial charge on any atom is -0.492 e. The Morgan fingerprint density at radius 1 is 1.21 bits per heavy atom. The predicted octanol–water partition coefficient (Wildman–Crippen LogP) is 4.39. The molecule has 0 saturated carbocycles. The number of nitrogens with two attached hydrogens (primary N) is 2. The Balaban J connectivity index is 1.53. The number of nitrogen functional groups attached to an aromatic ring is 1. The molecule has 0 radical (unpaired) electrons. The van der Waals surface area contributed by atoms with E-state index in [9.17, 15) is 27.6 Å². The van der Waals surface area contributed by atoms with Gasteiger partial charge in [-0.3, -0.25) is 4.79 Å². The van der Waals surface area contributed by atoms with Crippen molar-refractivity contribution in [2.75, 3.05) is 25.6 Å². The quantitative estimate of drug-likeness (QED) is 0.415. The fourth-order valence-electron chi connectivity index (χ4n) is 4.54. The number of nitriles is 1. The second kappa shape index (κ2) is 11.1. The Morgan fingerprint density at radius 2 is 1.89 bits per heavy atom. The predicted molar refractivity (Wildman–Crippen MR) is 130 cm³/mol. The zero-order valence-electron chi connectivity index (χ0n) is 20.2. The van der Waals surface area contributed by atoms with Crippen LogP contribution in [0.1, 0.15) is 40.4 Å². The number of nitrogens with zero attached hydrogens (tertiary/aromatic N) is 3. The van der Waals surface area contributed by atoms with Gasteiger partial charge in [-0.2, -0.15) is 23.5 Å². The van der Waals surface area contributed by atoms with Crippen LogP contribution in [-0.4, -0.2) is 41.7 Å². The van der Waals surface area contributed by atoms with Crippen LogP contribution in [0, 0.1) is 23.1 Å². The number of amides is 1. The molecule has 0 bridgehead atoms. The van der Waals surface area contributed by atoms with Gasteiger partial charge in [0.1, 0.15) is 34.7 Å². The van der Waals surface area contributed by atoms with Crippen LogP contribution in [0.5, 0.6) is 5.75 Å². The lowest BCUT2D eigenvalue weighted by molar-refractivity contribution is -0.189. The van der Waals surface area contributed by atoms with Crippen LogP contribution >= 0.6 is 0 Å². The first-order valence-corrected chi connectivity index (χ1v) is 11.8. The number of primary amides is 1. The monoisotopic (exact) mass is 531 g/mol. The maximum atomic E-state index is 14.1. The molecule has 2 aromatic carbocycles. The van der Waals surface area contributed by atoms with Crippen molar-refractivity contribution in [1.82, 2.24) is 9.78 Å². The Kier molecular flexibility index (Phi) is 7.87. The molecule has 4 N–H and O–H groups in total. The van der Waals surface area contributed by atoms with E-state index in [4.69, 9.17) is 20.9 Å². The van der Waals surface area contributed by atoms with Crippen LogP contribution in [0.15, 0.2) is 42.5 Å². The fraction of sp³-hybridized carbons (Fsp3) is 0.346. The molecule has 3 aromatic rings. The average Bonchev–Trinajstić information content (AvgIpc) is 3.20. The molecule has 8 nitrogen and oxygen atoms in total. The molecule has 1 fully saturated rings. The third-order valence-electron chi connectivity index (χ3n) is 6.45. The van der Waals surface area contributed by atoms with E-state index < -0.39 is 29.9 Å². The largest absolute Gasteiger partial charge is 0.492 e. The molecule has 4 rings (SSSR count). The molecule has 38 heavy (non-hydrogen) atoms.